The highest BCUT2D eigenvalue weighted by atomic mass is 16.6. The van der Waals surface area contributed by atoms with Gasteiger partial charge in [-0.2, -0.15) is 0 Å². The molecule has 1 aliphatic rings. The van der Waals surface area contributed by atoms with Gasteiger partial charge in [-0.3, -0.25) is 33.8 Å². The van der Waals surface area contributed by atoms with E-state index in [1.165, 1.54) is 26.2 Å². The number of Topliss-reactive ketones (excluding diaryl/α,β-unsaturated/α-hetero) is 2. The molecule has 0 fully saturated rings. The van der Waals surface area contributed by atoms with Crippen LogP contribution in [0.5, 0.6) is 0 Å². The minimum atomic E-state index is -0.569. The van der Waals surface area contributed by atoms with Crippen LogP contribution >= 0.6 is 0 Å². The van der Waals surface area contributed by atoms with E-state index >= 15 is 0 Å². The van der Waals surface area contributed by atoms with Crippen LogP contribution in [0.15, 0.2) is 23.0 Å². The lowest BCUT2D eigenvalue weighted by molar-refractivity contribution is -0.158. The molecule has 42 heavy (non-hydrogen) atoms. The van der Waals surface area contributed by atoms with Crippen LogP contribution in [0.2, 0.25) is 0 Å². The summed E-state index contributed by atoms with van der Waals surface area (Å²) in [6.07, 6.45) is 3.26. The van der Waals surface area contributed by atoms with Crippen LogP contribution in [0.4, 0.5) is 0 Å². The lowest BCUT2D eigenvalue weighted by Crippen LogP contribution is -2.24. The van der Waals surface area contributed by atoms with Crippen LogP contribution < -0.4 is 0 Å². The third-order valence-electron chi connectivity index (χ3n) is 4.88. The maximum absolute atomic E-state index is 11.5. The Balaban J connectivity index is 0.000000420. The number of nitrogens with one attached hydrogen (secondary N) is 1. The monoisotopic (exact) mass is 591 g/mol. The number of H-pyrrole nitrogens is 1. The molecule has 232 valence electrons. The second-order valence-corrected chi connectivity index (χ2v) is 11.4. The van der Waals surface area contributed by atoms with Gasteiger partial charge in [-0.1, -0.05) is 0 Å². The van der Waals surface area contributed by atoms with Crippen molar-refractivity contribution in [3.05, 3.63) is 29.5 Å². The quantitative estimate of drug-likeness (QED) is 0.212. The summed E-state index contributed by atoms with van der Waals surface area (Å²) in [6.45, 7) is 13.5. The molecule has 1 N–H and O–H groups in total. The molecule has 2 heterocycles. The fourth-order valence-electron chi connectivity index (χ4n) is 3.06. The maximum Gasteiger partial charge on any atom is 0.306 e. The van der Waals surface area contributed by atoms with Crippen molar-refractivity contribution in [1.82, 2.24) is 9.97 Å². The van der Waals surface area contributed by atoms with Crippen molar-refractivity contribution in [3.8, 4) is 0 Å². The SMILES string of the molecule is CC(=O)C1=NC=C(COC(=O)CCC(=O)OC(C)(C)C)C1.CC(=O)c1ncc(COC(=O)CCC(=O)OC(C)(C)C)[nH]1. The summed E-state index contributed by atoms with van der Waals surface area (Å²) < 4.78 is 20.2. The normalized spacial score (nSPS) is 12.7. The Kier molecular flexibility index (Phi) is 13.9. The molecular weight excluding hydrogens is 550 g/mol. The predicted molar refractivity (Wildman–Crippen MR) is 150 cm³/mol. The third kappa shape index (κ3) is 16.2. The van der Waals surface area contributed by atoms with Gasteiger partial charge in [0.15, 0.2) is 17.4 Å². The fraction of sp³-hybridized carbons (Fsp3) is 0.586. The number of hydrogen-bond acceptors (Lipinski definition) is 12. The summed E-state index contributed by atoms with van der Waals surface area (Å²) in [6, 6.07) is 0. The lowest BCUT2D eigenvalue weighted by atomic mass is 10.1. The summed E-state index contributed by atoms with van der Waals surface area (Å²) >= 11 is 0. The van der Waals surface area contributed by atoms with Crippen molar-refractivity contribution in [2.45, 2.75) is 105 Å². The fourth-order valence-corrected chi connectivity index (χ4v) is 3.06. The average Bonchev–Trinajstić information content (AvgIpc) is 3.52. The average molecular weight is 592 g/mol. The van der Waals surface area contributed by atoms with Gasteiger partial charge in [0.05, 0.1) is 43.3 Å². The van der Waals surface area contributed by atoms with Crippen LogP contribution in [0, 0.1) is 0 Å². The minimum absolute atomic E-state index is 0.00958. The Morgan fingerprint density at radius 2 is 1.21 bits per heavy atom. The van der Waals surface area contributed by atoms with Crippen LogP contribution in [-0.2, 0) is 49.5 Å². The summed E-state index contributed by atoms with van der Waals surface area (Å²) in [7, 11) is 0. The number of aliphatic imine (C=N–C) groups is 1. The van der Waals surface area contributed by atoms with E-state index in [0.29, 0.717) is 17.8 Å². The number of aromatic amines is 1. The lowest BCUT2D eigenvalue weighted by Gasteiger charge is -2.19. The maximum atomic E-state index is 11.5. The molecule has 0 atom stereocenters. The number of ether oxygens (including phenoxy) is 4. The molecule has 0 bridgehead atoms. The topological polar surface area (TPSA) is 180 Å². The Morgan fingerprint density at radius 1 is 0.738 bits per heavy atom. The van der Waals surface area contributed by atoms with Gasteiger partial charge in [0.25, 0.3) is 0 Å². The Hall–Kier alpha value is -4.16. The number of hydrogen-bond donors (Lipinski definition) is 1. The molecule has 0 spiro atoms. The van der Waals surface area contributed by atoms with Crippen molar-refractivity contribution >= 4 is 41.2 Å². The molecular formula is C29H41N3O10. The van der Waals surface area contributed by atoms with Gasteiger partial charge in [-0.25, -0.2) is 4.98 Å². The van der Waals surface area contributed by atoms with Crippen molar-refractivity contribution in [3.63, 3.8) is 0 Å². The number of esters is 4. The molecule has 0 saturated heterocycles. The molecule has 0 amide bonds. The third-order valence-corrected chi connectivity index (χ3v) is 4.88. The first-order valence-corrected chi connectivity index (χ1v) is 13.4. The van der Waals surface area contributed by atoms with Gasteiger partial charge in [0, 0.05) is 26.5 Å². The molecule has 0 saturated carbocycles. The van der Waals surface area contributed by atoms with E-state index in [2.05, 4.69) is 15.0 Å². The van der Waals surface area contributed by atoms with E-state index in [-0.39, 0.29) is 56.3 Å². The summed E-state index contributed by atoms with van der Waals surface area (Å²) in [5.41, 5.74) is 0.627. The van der Waals surface area contributed by atoms with Crippen molar-refractivity contribution in [2.24, 2.45) is 4.99 Å². The molecule has 0 aliphatic carbocycles. The van der Waals surface area contributed by atoms with Gasteiger partial charge in [-0.15, -0.1) is 0 Å². The highest BCUT2D eigenvalue weighted by Crippen LogP contribution is 2.14. The molecule has 13 heteroatoms. The molecule has 0 unspecified atom stereocenters. The summed E-state index contributed by atoms with van der Waals surface area (Å²) in [5, 5.41) is 0. The highest BCUT2D eigenvalue weighted by Gasteiger charge is 2.20. The summed E-state index contributed by atoms with van der Waals surface area (Å²) in [5.74, 6) is -1.93. The van der Waals surface area contributed by atoms with E-state index in [4.69, 9.17) is 18.9 Å². The van der Waals surface area contributed by atoms with Crippen molar-refractivity contribution < 1.29 is 47.7 Å². The molecule has 2 rings (SSSR count). The van der Waals surface area contributed by atoms with Crippen LogP contribution in [0.1, 0.15) is 104 Å². The standard InChI is InChI=1S/C15H21NO5.C14H20N2O5/c1-10(17)12-7-11(8-16-12)9-20-13(18)5-6-14(19)21-15(2,3)4;1-9(17)13-15-7-10(16-13)8-20-11(18)5-6-12(19)21-14(2,3)4/h8H,5-7,9H2,1-4H3;7H,5-6,8H2,1-4H3,(H,15,16). The number of aromatic nitrogens is 2. The molecule has 0 radical (unpaired) electrons. The number of ketones is 2. The second-order valence-electron chi connectivity index (χ2n) is 11.4. The zero-order valence-corrected chi connectivity index (χ0v) is 25.6. The van der Waals surface area contributed by atoms with Gasteiger partial charge >= 0.3 is 23.9 Å². The Morgan fingerprint density at radius 3 is 1.62 bits per heavy atom. The van der Waals surface area contributed by atoms with Gasteiger partial charge in [0.2, 0.25) is 0 Å². The number of carbonyl (C=O) groups is 6. The first-order valence-electron chi connectivity index (χ1n) is 13.4. The first kappa shape index (κ1) is 35.9. The zero-order chi connectivity index (χ0) is 32.1. The van der Waals surface area contributed by atoms with Gasteiger partial charge < -0.3 is 23.9 Å². The van der Waals surface area contributed by atoms with Crippen molar-refractivity contribution in [2.75, 3.05) is 6.61 Å². The largest absolute Gasteiger partial charge is 0.461 e. The molecule has 13 nitrogen and oxygen atoms in total. The van der Waals surface area contributed by atoms with Crippen LogP contribution in [0.3, 0.4) is 0 Å². The van der Waals surface area contributed by atoms with Crippen LogP contribution in [0.25, 0.3) is 0 Å². The van der Waals surface area contributed by atoms with E-state index < -0.39 is 35.1 Å². The second kappa shape index (κ2) is 16.3. The molecule has 0 aromatic carbocycles. The van der Waals surface area contributed by atoms with E-state index in [1.54, 1.807) is 41.5 Å². The molecule has 1 aromatic heterocycles. The Bertz CT molecular complexity index is 1210. The predicted octanol–water partition coefficient (Wildman–Crippen LogP) is 3.75. The number of nitrogens with zero attached hydrogens (tertiary/aromatic N) is 2. The summed E-state index contributed by atoms with van der Waals surface area (Å²) in [4.78, 5) is 78.6. The number of rotatable bonds is 12. The number of imidazole rings is 1. The van der Waals surface area contributed by atoms with E-state index in [0.717, 1.165) is 5.57 Å². The minimum Gasteiger partial charge on any atom is -0.461 e. The van der Waals surface area contributed by atoms with Gasteiger partial charge in [-0.05, 0) is 47.1 Å². The van der Waals surface area contributed by atoms with E-state index in [9.17, 15) is 28.8 Å². The molecule has 1 aromatic rings. The van der Waals surface area contributed by atoms with E-state index in [1.807, 2.05) is 0 Å². The van der Waals surface area contributed by atoms with Crippen molar-refractivity contribution in [1.29, 1.82) is 0 Å². The van der Waals surface area contributed by atoms with Gasteiger partial charge in [0.1, 0.15) is 24.4 Å². The number of carbonyl (C=O) groups excluding carboxylic acids is 6. The highest BCUT2D eigenvalue weighted by molar-refractivity contribution is 6.40. The first-order chi connectivity index (χ1) is 19.3. The smallest absolute Gasteiger partial charge is 0.306 e. The Labute approximate surface area is 245 Å². The zero-order valence-electron chi connectivity index (χ0n) is 25.6. The molecule has 1 aliphatic heterocycles. The van der Waals surface area contributed by atoms with Crippen LogP contribution in [-0.4, -0.2) is 68.9 Å².